The standard InChI is InChI=1S/C19H16ClN5O3/c1-3-25-17-7-5-12(8-16(17)23-24-25)19(27)28-11(2)18(26)22-14-6-4-13(10-21)15(20)9-14/h4-9,11H,3H2,1-2H3,(H,22,26)/t11-/m0/s1. The highest BCUT2D eigenvalue weighted by Gasteiger charge is 2.20. The first-order valence-electron chi connectivity index (χ1n) is 8.47. The van der Waals surface area contributed by atoms with Crippen LogP contribution < -0.4 is 5.32 Å². The van der Waals surface area contributed by atoms with Gasteiger partial charge >= 0.3 is 5.97 Å². The van der Waals surface area contributed by atoms with Crippen LogP contribution in [0.25, 0.3) is 11.0 Å². The smallest absolute Gasteiger partial charge is 0.338 e. The number of hydrogen-bond acceptors (Lipinski definition) is 6. The Morgan fingerprint density at radius 1 is 1.32 bits per heavy atom. The van der Waals surface area contributed by atoms with Crippen molar-refractivity contribution in [2.24, 2.45) is 0 Å². The number of fused-ring (bicyclic) bond motifs is 1. The molecule has 1 atom stereocenters. The number of amides is 1. The van der Waals surface area contributed by atoms with Gasteiger partial charge in [-0.1, -0.05) is 16.8 Å². The number of benzene rings is 2. The topological polar surface area (TPSA) is 110 Å². The summed E-state index contributed by atoms with van der Waals surface area (Å²) in [4.78, 5) is 24.6. The summed E-state index contributed by atoms with van der Waals surface area (Å²) in [6.07, 6.45) is -1.04. The van der Waals surface area contributed by atoms with E-state index in [0.29, 0.717) is 23.3 Å². The number of rotatable bonds is 5. The lowest BCUT2D eigenvalue weighted by atomic mass is 10.2. The quantitative estimate of drug-likeness (QED) is 0.662. The summed E-state index contributed by atoms with van der Waals surface area (Å²) in [5.41, 5.74) is 2.35. The van der Waals surface area contributed by atoms with Crippen molar-refractivity contribution in [1.29, 1.82) is 5.26 Å². The molecule has 0 unspecified atom stereocenters. The molecule has 3 aromatic rings. The second kappa shape index (κ2) is 8.06. The molecule has 9 heteroatoms. The fourth-order valence-electron chi connectivity index (χ4n) is 2.54. The molecule has 0 radical (unpaired) electrons. The van der Waals surface area contributed by atoms with E-state index >= 15 is 0 Å². The second-order valence-electron chi connectivity index (χ2n) is 5.95. The molecule has 0 bridgehead atoms. The van der Waals surface area contributed by atoms with Crippen molar-refractivity contribution in [2.45, 2.75) is 26.5 Å². The number of halogens is 1. The summed E-state index contributed by atoms with van der Waals surface area (Å²) < 4.78 is 6.95. The van der Waals surface area contributed by atoms with Gasteiger partial charge in [0, 0.05) is 12.2 Å². The van der Waals surface area contributed by atoms with Gasteiger partial charge in [0.1, 0.15) is 11.6 Å². The molecule has 0 saturated carbocycles. The normalized spacial score (nSPS) is 11.6. The van der Waals surface area contributed by atoms with E-state index < -0.39 is 18.0 Å². The van der Waals surface area contributed by atoms with Crippen molar-refractivity contribution in [3.63, 3.8) is 0 Å². The third kappa shape index (κ3) is 3.94. The minimum Gasteiger partial charge on any atom is -0.449 e. The van der Waals surface area contributed by atoms with Gasteiger partial charge in [-0.15, -0.1) is 5.10 Å². The summed E-state index contributed by atoms with van der Waals surface area (Å²) >= 11 is 5.94. The summed E-state index contributed by atoms with van der Waals surface area (Å²) in [5.74, 6) is -1.17. The first-order valence-corrected chi connectivity index (χ1v) is 8.85. The van der Waals surface area contributed by atoms with Gasteiger partial charge in [-0.25, -0.2) is 9.48 Å². The predicted octanol–water partition coefficient (Wildman–Crippen LogP) is 3.16. The van der Waals surface area contributed by atoms with E-state index in [2.05, 4.69) is 15.6 Å². The van der Waals surface area contributed by atoms with E-state index in [9.17, 15) is 9.59 Å². The first kappa shape index (κ1) is 19.3. The Morgan fingerprint density at radius 3 is 2.79 bits per heavy atom. The highest BCUT2D eigenvalue weighted by Crippen LogP contribution is 2.21. The van der Waals surface area contributed by atoms with Crippen LogP contribution in [-0.4, -0.2) is 33.0 Å². The Kier molecular flexibility index (Phi) is 5.57. The Bertz CT molecular complexity index is 1100. The monoisotopic (exact) mass is 397 g/mol. The summed E-state index contributed by atoms with van der Waals surface area (Å²) in [7, 11) is 0. The molecule has 8 nitrogen and oxygen atoms in total. The number of carbonyl (C=O) groups excluding carboxylic acids is 2. The number of esters is 1. The Morgan fingerprint density at radius 2 is 2.11 bits per heavy atom. The van der Waals surface area contributed by atoms with E-state index in [-0.39, 0.29) is 10.6 Å². The summed E-state index contributed by atoms with van der Waals surface area (Å²) in [5, 5.41) is 19.7. The summed E-state index contributed by atoms with van der Waals surface area (Å²) in [6.45, 7) is 4.07. The minimum absolute atomic E-state index is 0.221. The maximum absolute atomic E-state index is 12.4. The Hall–Kier alpha value is -3.44. The van der Waals surface area contributed by atoms with Gasteiger partial charge in [0.2, 0.25) is 0 Å². The molecule has 3 rings (SSSR count). The lowest BCUT2D eigenvalue weighted by Crippen LogP contribution is -2.30. The van der Waals surface area contributed by atoms with Crippen LogP contribution >= 0.6 is 11.6 Å². The molecule has 0 fully saturated rings. The minimum atomic E-state index is -1.04. The maximum Gasteiger partial charge on any atom is 0.338 e. The van der Waals surface area contributed by atoms with Gasteiger partial charge in [-0.05, 0) is 50.2 Å². The largest absolute Gasteiger partial charge is 0.449 e. The zero-order chi connectivity index (χ0) is 20.3. The number of nitriles is 1. The molecule has 0 saturated heterocycles. The third-order valence-corrected chi connectivity index (χ3v) is 4.37. The number of aromatic nitrogens is 3. The number of ether oxygens (including phenoxy) is 1. The molecule has 0 aliphatic rings. The molecule has 1 N–H and O–H groups in total. The van der Waals surface area contributed by atoms with E-state index in [1.54, 1.807) is 28.9 Å². The van der Waals surface area contributed by atoms with Gasteiger partial charge in [-0.3, -0.25) is 4.79 Å². The van der Waals surface area contributed by atoms with Gasteiger partial charge < -0.3 is 10.1 Å². The lowest BCUT2D eigenvalue weighted by molar-refractivity contribution is -0.123. The summed E-state index contributed by atoms with van der Waals surface area (Å²) in [6, 6.07) is 11.3. The first-order chi connectivity index (χ1) is 13.4. The fourth-order valence-corrected chi connectivity index (χ4v) is 2.77. The number of nitrogens with one attached hydrogen (secondary N) is 1. The molecule has 28 heavy (non-hydrogen) atoms. The number of nitrogens with zero attached hydrogens (tertiary/aromatic N) is 4. The van der Waals surface area contributed by atoms with E-state index in [4.69, 9.17) is 21.6 Å². The van der Waals surface area contributed by atoms with Crippen LogP contribution in [0.15, 0.2) is 36.4 Å². The number of carbonyl (C=O) groups is 2. The van der Waals surface area contributed by atoms with E-state index in [1.807, 2.05) is 13.0 Å². The van der Waals surface area contributed by atoms with Gasteiger partial charge in [0.15, 0.2) is 6.10 Å². The maximum atomic E-state index is 12.4. The molecule has 0 aliphatic carbocycles. The van der Waals surface area contributed by atoms with Gasteiger partial charge in [0.25, 0.3) is 5.91 Å². The van der Waals surface area contributed by atoms with Gasteiger partial charge in [-0.2, -0.15) is 5.26 Å². The molecule has 0 spiro atoms. The average molecular weight is 398 g/mol. The lowest BCUT2D eigenvalue weighted by Gasteiger charge is -2.14. The van der Waals surface area contributed by atoms with E-state index in [0.717, 1.165) is 5.52 Å². The van der Waals surface area contributed by atoms with Crippen molar-refractivity contribution in [1.82, 2.24) is 15.0 Å². The highest BCUT2D eigenvalue weighted by molar-refractivity contribution is 6.32. The van der Waals surface area contributed by atoms with Crippen molar-refractivity contribution in [2.75, 3.05) is 5.32 Å². The van der Waals surface area contributed by atoms with Crippen molar-refractivity contribution >= 4 is 40.2 Å². The SMILES string of the molecule is CCn1nnc2cc(C(=O)O[C@@H](C)C(=O)Nc3ccc(C#N)c(Cl)c3)ccc21. The third-order valence-electron chi connectivity index (χ3n) is 4.06. The molecular weight excluding hydrogens is 382 g/mol. The van der Waals surface area contributed by atoms with Crippen molar-refractivity contribution in [3.05, 3.63) is 52.5 Å². The number of anilines is 1. The number of hydrogen-bond donors (Lipinski definition) is 1. The van der Waals surface area contributed by atoms with Crippen LogP contribution in [0.1, 0.15) is 29.8 Å². The predicted molar refractivity (Wildman–Crippen MR) is 103 cm³/mol. The van der Waals surface area contributed by atoms with Gasteiger partial charge in [0.05, 0.1) is 21.7 Å². The molecule has 2 aromatic carbocycles. The molecular formula is C19H16ClN5O3. The van der Waals surface area contributed by atoms with Crippen LogP contribution in [0.4, 0.5) is 5.69 Å². The Labute approximate surface area is 165 Å². The van der Waals surface area contributed by atoms with E-state index in [1.165, 1.54) is 19.1 Å². The number of aryl methyl sites for hydroxylation is 1. The average Bonchev–Trinajstić information content (AvgIpc) is 3.10. The van der Waals surface area contributed by atoms with Crippen LogP contribution in [0.3, 0.4) is 0 Å². The zero-order valence-electron chi connectivity index (χ0n) is 15.1. The molecule has 1 heterocycles. The van der Waals surface area contributed by atoms with Crippen LogP contribution in [0.2, 0.25) is 5.02 Å². The van der Waals surface area contributed by atoms with Crippen molar-refractivity contribution < 1.29 is 14.3 Å². The highest BCUT2D eigenvalue weighted by atomic mass is 35.5. The second-order valence-corrected chi connectivity index (χ2v) is 6.36. The molecule has 0 aliphatic heterocycles. The molecule has 142 valence electrons. The molecule has 1 aromatic heterocycles. The fraction of sp³-hybridized carbons (Fsp3) is 0.211. The molecule has 1 amide bonds. The van der Waals surface area contributed by atoms with Crippen LogP contribution in [-0.2, 0) is 16.1 Å². The Balaban J connectivity index is 1.67. The van der Waals surface area contributed by atoms with Crippen molar-refractivity contribution in [3.8, 4) is 6.07 Å². The van der Waals surface area contributed by atoms with Crippen LogP contribution in [0.5, 0.6) is 0 Å². The van der Waals surface area contributed by atoms with Crippen LogP contribution in [0, 0.1) is 11.3 Å². The zero-order valence-corrected chi connectivity index (χ0v) is 15.9.